The molecule has 1 aromatic heterocycles. The summed E-state index contributed by atoms with van der Waals surface area (Å²) < 4.78 is 11.6. The molecule has 6 aromatic rings. The molecular formula is C44H43N3O4. The Morgan fingerprint density at radius 2 is 1.00 bits per heavy atom. The number of carbonyl (C=O) groups excluding carboxylic acids is 1. The molecule has 1 unspecified atom stereocenters. The fourth-order valence-corrected chi connectivity index (χ4v) is 5.85. The highest BCUT2D eigenvalue weighted by Gasteiger charge is 2.24. The van der Waals surface area contributed by atoms with Crippen LogP contribution >= 0.6 is 0 Å². The van der Waals surface area contributed by atoms with Gasteiger partial charge in [0.15, 0.2) is 17.5 Å². The zero-order chi connectivity index (χ0) is 35.3. The average molecular weight is 678 g/mol. The normalized spacial score (nSPS) is 11.6. The third-order valence-corrected chi connectivity index (χ3v) is 8.70. The van der Waals surface area contributed by atoms with Crippen LogP contribution in [0.4, 0.5) is 0 Å². The molecule has 7 heteroatoms. The van der Waals surface area contributed by atoms with E-state index >= 15 is 0 Å². The third-order valence-electron chi connectivity index (χ3n) is 8.70. The number of rotatable bonds is 16. The van der Waals surface area contributed by atoms with Crippen LogP contribution in [0.2, 0.25) is 0 Å². The number of hydrogen-bond donors (Lipinski definition) is 1. The number of aliphatic hydroxyl groups is 1. The number of hydrogen-bond acceptors (Lipinski definition) is 7. The SMILES string of the molecule is CCCCCCCCOC(=O)C(CO)Oc1ccccc1-c1nc(-c2ccc(-c3ccccc3)cc2)nc(-c2ccc(-c3ccccc3)cc2)n1. The molecule has 0 saturated carbocycles. The van der Waals surface area contributed by atoms with Gasteiger partial charge in [0.1, 0.15) is 5.75 Å². The predicted octanol–water partition coefficient (Wildman–Crippen LogP) is 9.85. The number of esters is 1. The third kappa shape index (κ3) is 9.32. The Morgan fingerprint density at radius 3 is 1.55 bits per heavy atom. The van der Waals surface area contributed by atoms with Crippen LogP contribution in [0.1, 0.15) is 45.4 Å². The summed E-state index contributed by atoms with van der Waals surface area (Å²) in [6.07, 6.45) is 5.27. The van der Waals surface area contributed by atoms with Gasteiger partial charge in [0.05, 0.1) is 18.8 Å². The van der Waals surface area contributed by atoms with Gasteiger partial charge in [-0.3, -0.25) is 0 Å². The summed E-state index contributed by atoms with van der Waals surface area (Å²) in [4.78, 5) is 27.7. The topological polar surface area (TPSA) is 94.4 Å². The quantitative estimate of drug-likeness (QED) is 0.0805. The second-order valence-electron chi connectivity index (χ2n) is 12.4. The van der Waals surface area contributed by atoms with Gasteiger partial charge in [-0.05, 0) is 40.8 Å². The largest absolute Gasteiger partial charge is 0.475 e. The van der Waals surface area contributed by atoms with E-state index in [2.05, 4.69) is 55.5 Å². The predicted molar refractivity (Wildman–Crippen MR) is 203 cm³/mol. The van der Waals surface area contributed by atoms with E-state index in [0.29, 0.717) is 35.4 Å². The zero-order valence-electron chi connectivity index (χ0n) is 28.9. The number of benzene rings is 5. The Labute approximate surface area is 300 Å². The van der Waals surface area contributed by atoms with Crippen LogP contribution in [0.3, 0.4) is 0 Å². The molecule has 0 bridgehead atoms. The summed E-state index contributed by atoms with van der Waals surface area (Å²) in [6.45, 7) is 1.95. The highest BCUT2D eigenvalue weighted by Crippen LogP contribution is 2.32. The smallest absolute Gasteiger partial charge is 0.349 e. The Hall–Kier alpha value is -5.66. The summed E-state index contributed by atoms with van der Waals surface area (Å²) in [5.41, 5.74) is 6.62. The second-order valence-corrected chi connectivity index (χ2v) is 12.4. The van der Waals surface area contributed by atoms with Gasteiger partial charge in [0.2, 0.25) is 6.10 Å². The van der Waals surface area contributed by atoms with Crippen LogP contribution in [0.15, 0.2) is 133 Å². The number of para-hydroxylation sites is 1. The molecule has 0 saturated heterocycles. The molecule has 258 valence electrons. The zero-order valence-corrected chi connectivity index (χ0v) is 28.9. The molecule has 0 aliphatic heterocycles. The van der Waals surface area contributed by atoms with Crippen molar-refractivity contribution in [1.29, 1.82) is 0 Å². The Bertz CT molecular complexity index is 1880. The van der Waals surface area contributed by atoms with Crippen LogP contribution in [0.5, 0.6) is 5.75 Å². The van der Waals surface area contributed by atoms with E-state index in [1.165, 1.54) is 19.3 Å². The van der Waals surface area contributed by atoms with E-state index in [1.807, 2.05) is 78.9 Å². The molecule has 0 radical (unpaired) electrons. The monoisotopic (exact) mass is 677 g/mol. The molecule has 1 heterocycles. The molecule has 6 rings (SSSR count). The maximum Gasteiger partial charge on any atom is 0.349 e. The first kappa shape index (κ1) is 35.2. The minimum absolute atomic E-state index is 0.290. The standard InChI is InChI=1S/C44H43N3O4/c1-2-3-4-5-6-15-30-50-44(49)40(31-48)51-39-21-14-13-20-38(39)43-46-41(36-26-22-34(23-27-36)32-16-9-7-10-17-32)45-42(47-43)37-28-24-35(25-29-37)33-18-11-8-12-19-33/h7-14,16-29,40,48H,2-6,15,30-31H2,1H3. The van der Waals surface area contributed by atoms with E-state index < -0.39 is 18.7 Å². The number of nitrogens with zero attached hydrogens (tertiary/aromatic N) is 3. The molecule has 0 fully saturated rings. The minimum atomic E-state index is -1.19. The van der Waals surface area contributed by atoms with E-state index in [-0.39, 0.29) is 0 Å². The minimum Gasteiger partial charge on any atom is -0.475 e. The van der Waals surface area contributed by atoms with Crippen LogP contribution < -0.4 is 4.74 Å². The lowest BCUT2D eigenvalue weighted by Gasteiger charge is -2.18. The van der Waals surface area contributed by atoms with Gasteiger partial charge in [-0.15, -0.1) is 0 Å². The van der Waals surface area contributed by atoms with Crippen molar-refractivity contribution in [2.24, 2.45) is 0 Å². The molecule has 51 heavy (non-hydrogen) atoms. The van der Waals surface area contributed by atoms with Gasteiger partial charge < -0.3 is 14.6 Å². The van der Waals surface area contributed by atoms with Crippen LogP contribution in [0, 0.1) is 0 Å². The van der Waals surface area contributed by atoms with Crippen molar-refractivity contribution in [2.45, 2.75) is 51.6 Å². The van der Waals surface area contributed by atoms with E-state index in [9.17, 15) is 9.90 Å². The summed E-state index contributed by atoms with van der Waals surface area (Å²) in [5, 5.41) is 10.1. The fraction of sp³-hybridized carbons (Fsp3) is 0.227. The maximum absolute atomic E-state index is 13.0. The molecule has 1 atom stereocenters. The average Bonchev–Trinajstić information content (AvgIpc) is 3.20. The highest BCUT2D eigenvalue weighted by atomic mass is 16.6. The van der Waals surface area contributed by atoms with Gasteiger partial charge in [0, 0.05) is 11.1 Å². The lowest BCUT2D eigenvalue weighted by Crippen LogP contribution is -2.33. The van der Waals surface area contributed by atoms with E-state index in [0.717, 1.165) is 52.6 Å². The second kappa shape index (κ2) is 17.8. The fourth-order valence-electron chi connectivity index (χ4n) is 5.85. The summed E-state index contributed by atoms with van der Waals surface area (Å²) in [5.74, 6) is 1.12. The van der Waals surface area contributed by atoms with Crippen molar-refractivity contribution in [2.75, 3.05) is 13.2 Å². The molecule has 0 amide bonds. The Kier molecular flexibility index (Phi) is 12.3. The molecule has 7 nitrogen and oxygen atoms in total. The van der Waals surface area contributed by atoms with Crippen LogP contribution in [0.25, 0.3) is 56.4 Å². The van der Waals surface area contributed by atoms with Crippen LogP contribution in [-0.2, 0) is 9.53 Å². The number of aromatic nitrogens is 3. The van der Waals surface area contributed by atoms with E-state index in [4.69, 9.17) is 24.4 Å². The first-order chi connectivity index (χ1) is 25.1. The van der Waals surface area contributed by atoms with Crippen molar-refractivity contribution in [1.82, 2.24) is 15.0 Å². The van der Waals surface area contributed by atoms with Crippen molar-refractivity contribution in [3.8, 4) is 62.2 Å². The molecule has 5 aromatic carbocycles. The lowest BCUT2D eigenvalue weighted by atomic mass is 10.0. The molecule has 0 aliphatic rings. The van der Waals surface area contributed by atoms with Crippen LogP contribution in [-0.4, -0.2) is 45.3 Å². The Morgan fingerprint density at radius 1 is 0.549 bits per heavy atom. The van der Waals surface area contributed by atoms with Gasteiger partial charge in [-0.25, -0.2) is 19.7 Å². The van der Waals surface area contributed by atoms with Crippen molar-refractivity contribution in [3.63, 3.8) is 0 Å². The van der Waals surface area contributed by atoms with Crippen molar-refractivity contribution >= 4 is 5.97 Å². The lowest BCUT2D eigenvalue weighted by molar-refractivity contribution is -0.153. The summed E-state index contributed by atoms with van der Waals surface area (Å²) >= 11 is 0. The highest BCUT2D eigenvalue weighted by molar-refractivity contribution is 5.77. The van der Waals surface area contributed by atoms with Crippen molar-refractivity contribution < 1.29 is 19.4 Å². The molecule has 0 spiro atoms. The van der Waals surface area contributed by atoms with Gasteiger partial charge in [-0.2, -0.15) is 0 Å². The molecular weight excluding hydrogens is 635 g/mol. The summed E-state index contributed by atoms with van der Waals surface area (Å²) in [6, 6.07) is 43.9. The molecule has 0 aliphatic carbocycles. The van der Waals surface area contributed by atoms with E-state index in [1.54, 1.807) is 6.07 Å². The van der Waals surface area contributed by atoms with Crippen molar-refractivity contribution in [3.05, 3.63) is 133 Å². The number of carbonyl (C=O) groups is 1. The van der Waals surface area contributed by atoms with Gasteiger partial charge >= 0.3 is 5.97 Å². The summed E-state index contributed by atoms with van der Waals surface area (Å²) in [7, 11) is 0. The number of ether oxygens (including phenoxy) is 2. The van der Waals surface area contributed by atoms with Gasteiger partial charge in [0.25, 0.3) is 0 Å². The maximum atomic E-state index is 13.0. The first-order valence-electron chi connectivity index (χ1n) is 17.7. The number of unbranched alkanes of at least 4 members (excludes halogenated alkanes) is 5. The molecule has 1 N–H and O–H groups in total. The van der Waals surface area contributed by atoms with Gasteiger partial charge in [-0.1, -0.05) is 160 Å². The first-order valence-corrected chi connectivity index (χ1v) is 17.7. The number of aliphatic hydroxyl groups excluding tert-OH is 1. The Balaban J connectivity index is 1.30.